The molecule has 0 aliphatic carbocycles. The molecular formula is C23H30N4O7. The van der Waals surface area contributed by atoms with E-state index in [1.807, 2.05) is 0 Å². The fourth-order valence-corrected chi connectivity index (χ4v) is 4.37. The van der Waals surface area contributed by atoms with Crippen LogP contribution in [-0.2, 0) is 30.4 Å². The lowest BCUT2D eigenvalue weighted by Gasteiger charge is -2.28. The van der Waals surface area contributed by atoms with Crippen LogP contribution >= 0.6 is 0 Å². The van der Waals surface area contributed by atoms with E-state index in [2.05, 4.69) is 16.0 Å². The third-order valence-electron chi connectivity index (χ3n) is 6.11. The summed E-state index contributed by atoms with van der Waals surface area (Å²) in [4.78, 5) is 63.1. The number of carbonyl (C=O) groups is 5. The van der Waals surface area contributed by atoms with Gasteiger partial charge in [-0.1, -0.05) is 30.3 Å². The van der Waals surface area contributed by atoms with Gasteiger partial charge in [0, 0.05) is 13.0 Å². The van der Waals surface area contributed by atoms with E-state index < -0.39 is 48.3 Å². The second kappa shape index (κ2) is 11.6. The molecular weight excluding hydrogens is 444 g/mol. The van der Waals surface area contributed by atoms with E-state index in [-0.39, 0.29) is 18.4 Å². The Morgan fingerprint density at radius 1 is 1.00 bits per heavy atom. The van der Waals surface area contributed by atoms with Gasteiger partial charge in [0.15, 0.2) is 0 Å². The molecule has 2 fully saturated rings. The number of hydrogen-bond donors (Lipinski definition) is 5. The molecule has 5 N–H and O–H groups in total. The Hall–Kier alpha value is -3.47. The van der Waals surface area contributed by atoms with Crippen molar-refractivity contribution in [2.75, 3.05) is 13.1 Å². The van der Waals surface area contributed by atoms with Gasteiger partial charge < -0.3 is 31.1 Å². The van der Waals surface area contributed by atoms with Gasteiger partial charge in [-0.05, 0) is 37.8 Å². The summed E-state index contributed by atoms with van der Waals surface area (Å²) in [6.07, 6.45) is 1.85. The van der Waals surface area contributed by atoms with E-state index >= 15 is 0 Å². The minimum absolute atomic E-state index is 0.00502. The molecule has 2 heterocycles. The Morgan fingerprint density at radius 3 is 2.35 bits per heavy atom. The van der Waals surface area contributed by atoms with Crippen LogP contribution in [0, 0.1) is 0 Å². The van der Waals surface area contributed by atoms with E-state index in [1.165, 1.54) is 4.90 Å². The second-order valence-corrected chi connectivity index (χ2v) is 8.59. The van der Waals surface area contributed by atoms with Crippen LogP contribution in [0.4, 0.5) is 0 Å². The average molecular weight is 475 g/mol. The largest absolute Gasteiger partial charge is 0.481 e. The quantitative estimate of drug-likeness (QED) is 0.303. The van der Waals surface area contributed by atoms with Crippen molar-refractivity contribution in [3.05, 3.63) is 35.9 Å². The van der Waals surface area contributed by atoms with Crippen molar-refractivity contribution in [3.8, 4) is 0 Å². The van der Waals surface area contributed by atoms with Gasteiger partial charge in [0.05, 0.1) is 12.5 Å². The predicted octanol–water partition coefficient (Wildman–Crippen LogP) is -0.499. The third kappa shape index (κ3) is 6.53. The fraction of sp³-hybridized carbons (Fsp3) is 0.522. The van der Waals surface area contributed by atoms with Gasteiger partial charge in [-0.2, -0.15) is 0 Å². The van der Waals surface area contributed by atoms with Crippen molar-refractivity contribution in [2.45, 2.75) is 62.7 Å². The number of carboxylic acids is 2. The first-order valence-corrected chi connectivity index (χ1v) is 11.4. The van der Waals surface area contributed by atoms with Crippen LogP contribution in [0.2, 0.25) is 0 Å². The van der Waals surface area contributed by atoms with Crippen LogP contribution in [-0.4, -0.2) is 82.0 Å². The molecule has 34 heavy (non-hydrogen) atoms. The van der Waals surface area contributed by atoms with E-state index in [9.17, 15) is 34.2 Å². The van der Waals surface area contributed by atoms with E-state index in [0.717, 1.165) is 13.0 Å². The first-order valence-electron chi connectivity index (χ1n) is 11.4. The second-order valence-electron chi connectivity index (χ2n) is 8.59. The SMILES string of the molecule is O=C(O)CC(NC(=O)C1CCCN1C(=O)C1CCCN1)C(=O)NC(Cc1ccccc1)C(=O)O. The van der Waals surface area contributed by atoms with Gasteiger partial charge in [-0.3, -0.25) is 19.2 Å². The van der Waals surface area contributed by atoms with Crippen LogP contribution < -0.4 is 16.0 Å². The summed E-state index contributed by atoms with van der Waals surface area (Å²) >= 11 is 0. The first-order chi connectivity index (χ1) is 16.3. The number of aliphatic carboxylic acids is 2. The topological polar surface area (TPSA) is 165 Å². The van der Waals surface area contributed by atoms with Crippen molar-refractivity contribution in [3.63, 3.8) is 0 Å². The third-order valence-corrected chi connectivity index (χ3v) is 6.11. The highest BCUT2D eigenvalue weighted by molar-refractivity contribution is 5.96. The Kier molecular flexibility index (Phi) is 8.58. The molecule has 4 atom stereocenters. The molecule has 2 aliphatic rings. The van der Waals surface area contributed by atoms with Gasteiger partial charge in [0.1, 0.15) is 18.1 Å². The number of rotatable bonds is 10. The minimum atomic E-state index is -1.48. The van der Waals surface area contributed by atoms with Crippen molar-refractivity contribution < 1.29 is 34.2 Å². The van der Waals surface area contributed by atoms with Gasteiger partial charge in [-0.25, -0.2) is 4.79 Å². The zero-order valence-electron chi connectivity index (χ0n) is 18.7. The number of carboxylic acid groups (broad SMARTS) is 2. The molecule has 2 aliphatic heterocycles. The van der Waals surface area contributed by atoms with Crippen LogP contribution in [0.15, 0.2) is 30.3 Å². The highest BCUT2D eigenvalue weighted by atomic mass is 16.4. The van der Waals surface area contributed by atoms with Crippen LogP contribution in [0.3, 0.4) is 0 Å². The molecule has 3 amide bonds. The lowest BCUT2D eigenvalue weighted by atomic mass is 10.0. The maximum Gasteiger partial charge on any atom is 0.326 e. The molecule has 3 rings (SSSR count). The number of hydrogen-bond acceptors (Lipinski definition) is 6. The van der Waals surface area contributed by atoms with Crippen molar-refractivity contribution >= 4 is 29.7 Å². The highest BCUT2D eigenvalue weighted by Gasteiger charge is 2.39. The molecule has 0 bridgehead atoms. The number of likely N-dealkylation sites (tertiary alicyclic amines) is 1. The number of amides is 3. The first kappa shape index (κ1) is 25.2. The summed E-state index contributed by atoms with van der Waals surface area (Å²) in [6, 6.07) is 4.73. The molecule has 0 spiro atoms. The van der Waals surface area contributed by atoms with E-state index in [4.69, 9.17) is 0 Å². The summed E-state index contributed by atoms with van der Waals surface area (Å²) in [6.45, 7) is 1.14. The predicted molar refractivity (Wildman–Crippen MR) is 120 cm³/mol. The molecule has 0 aromatic heterocycles. The van der Waals surface area contributed by atoms with Crippen LogP contribution in [0.1, 0.15) is 37.7 Å². The summed E-state index contributed by atoms with van der Waals surface area (Å²) in [5.41, 5.74) is 0.676. The standard InChI is InChI=1S/C23H30N4O7/c28-19(29)13-16(20(30)26-17(23(33)34)12-14-6-2-1-3-7-14)25-21(31)18-9-5-11-27(18)22(32)15-8-4-10-24-15/h1-3,6-7,15-18,24H,4-5,8-13H2,(H,25,31)(H,26,30)(H,28,29)(H,33,34). The normalized spacial score (nSPS) is 21.5. The lowest BCUT2D eigenvalue weighted by molar-refractivity contribution is -0.144. The Balaban J connectivity index is 1.67. The summed E-state index contributed by atoms with van der Waals surface area (Å²) in [5, 5.41) is 26.7. The van der Waals surface area contributed by atoms with Crippen LogP contribution in [0.5, 0.6) is 0 Å². The van der Waals surface area contributed by atoms with Gasteiger partial charge >= 0.3 is 11.9 Å². The Morgan fingerprint density at radius 2 is 1.74 bits per heavy atom. The molecule has 11 nitrogen and oxygen atoms in total. The van der Waals surface area contributed by atoms with Gasteiger partial charge in [-0.15, -0.1) is 0 Å². The van der Waals surface area contributed by atoms with Gasteiger partial charge in [0.2, 0.25) is 17.7 Å². The highest BCUT2D eigenvalue weighted by Crippen LogP contribution is 2.21. The maximum atomic E-state index is 13.0. The molecule has 0 radical (unpaired) electrons. The molecule has 184 valence electrons. The maximum absolute atomic E-state index is 13.0. The zero-order chi connectivity index (χ0) is 24.7. The smallest absolute Gasteiger partial charge is 0.326 e. The Labute approximate surface area is 196 Å². The molecule has 11 heteroatoms. The van der Waals surface area contributed by atoms with E-state index in [1.54, 1.807) is 30.3 Å². The monoisotopic (exact) mass is 474 g/mol. The molecule has 2 saturated heterocycles. The Bertz CT molecular complexity index is 917. The van der Waals surface area contributed by atoms with Crippen molar-refractivity contribution in [1.82, 2.24) is 20.9 Å². The number of benzene rings is 1. The number of nitrogens with one attached hydrogen (secondary N) is 3. The van der Waals surface area contributed by atoms with Crippen molar-refractivity contribution in [1.29, 1.82) is 0 Å². The lowest BCUT2D eigenvalue weighted by Crippen LogP contribution is -2.57. The fourth-order valence-electron chi connectivity index (χ4n) is 4.37. The van der Waals surface area contributed by atoms with Crippen LogP contribution in [0.25, 0.3) is 0 Å². The van der Waals surface area contributed by atoms with Crippen molar-refractivity contribution in [2.24, 2.45) is 0 Å². The number of nitrogens with zero attached hydrogens (tertiary/aromatic N) is 1. The molecule has 1 aromatic rings. The molecule has 1 aromatic carbocycles. The zero-order valence-corrected chi connectivity index (χ0v) is 18.7. The molecule has 0 saturated carbocycles. The van der Waals surface area contributed by atoms with Gasteiger partial charge in [0.25, 0.3) is 0 Å². The number of carbonyl (C=O) groups excluding carboxylic acids is 3. The summed E-state index contributed by atoms with van der Waals surface area (Å²) in [7, 11) is 0. The summed E-state index contributed by atoms with van der Waals surface area (Å²) < 4.78 is 0. The minimum Gasteiger partial charge on any atom is -0.481 e. The summed E-state index contributed by atoms with van der Waals surface area (Å²) in [5.74, 6) is -4.32. The van der Waals surface area contributed by atoms with E-state index in [0.29, 0.717) is 31.4 Å². The average Bonchev–Trinajstić information content (AvgIpc) is 3.50. The molecule has 4 unspecified atom stereocenters.